The molecule has 5 nitrogen and oxygen atoms in total. The molecule has 0 aromatic heterocycles. The molecule has 0 heterocycles. The van der Waals surface area contributed by atoms with Crippen molar-refractivity contribution in [2.75, 3.05) is 20.2 Å². The van der Waals surface area contributed by atoms with Crippen LogP contribution in [0.25, 0.3) is 0 Å². The van der Waals surface area contributed by atoms with Gasteiger partial charge in [0.1, 0.15) is 12.3 Å². The van der Waals surface area contributed by atoms with Crippen LogP contribution in [-0.2, 0) is 20.7 Å². The average molecular weight is 251 g/mol. The molecule has 1 aromatic carbocycles. The minimum Gasteiger partial charge on any atom is -0.508 e. The summed E-state index contributed by atoms with van der Waals surface area (Å²) in [6, 6.07) is 6.48. The van der Waals surface area contributed by atoms with E-state index in [2.05, 4.69) is 0 Å². The van der Waals surface area contributed by atoms with E-state index >= 15 is 0 Å². The molecule has 0 aliphatic heterocycles. The number of likely N-dealkylation sites (N-methyl/N-ethyl adjacent to an activating group) is 1. The largest absolute Gasteiger partial charge is 0.508 e. The second kappa shape index (κ2) is 6.64. The van der Waals surface area contributed by atoms with Gasteiger partial charge in [0, 0.05) is 7.05 Å². The number of hydrogen-bond acceptors (Lipinski definition) is 4. The normalized spacial score (nSPS) is 9.89. The number of phenols is 1. The highest BCUT2D eigenvalue weighted by Gasteiger charge is 2.14. The molecule has 1 N–H and O–H groups in total. The summed E-state index contributed by atoms with van der Waals surface area (Å²) in [7, 11) is 1.54. The van der Waals surface area contributed by atoms with Gasteiger partial charge in [0.05, 0.1) is 13.0 Å². The number of ether oxygens (including phenoxy) is 1. The topological polar surface area (TPSA) is 66.8 Å². The van der Waals surface area contributed by atoms with Gasteiger partial charge in [-0.15, -0.1) is 0 Å². The zero-order chi connectivity index (χ0) is 13.5. The van der Waals surface area contributed by atoms with Gasteiger partial charge in [-0.25, -0.2) is 0 Å². The Morgan fingerprint density at radius 3 is 2.72 bits per heavy atom. The maximum absolute atomic E-state index is 11.8. The Labute approximate surface area is 106 Å². The highest BCUT2D eigenvalue weighted by molar-refractivity contribution is 5.83. The lowest BCUT2D eigenvalue weighted by molar-refractivity contribution is -0.147. The number of nitrogens with zero attached hydrogens (tertiary/aromatic N) is 1. The second-order valence-corrected chi connectivity index (χ2v) is 3.90. The van der Waals surface area contributed by atoms with Crippen LogP contribution in [0.3, 0.4) is 0 Å². The number of carbonyl (C=O) groups is 2. The van der Waals surface area contributed by atoms with Gasteiger partial charge in [0.25, 0.3) is 0 Å². The Kier molecular flexibility index (Phi) is 5.17. The van der Waals surface area contributed by atoms with Crippen LogP contribution in [0.2, 0.25) is 0 Å². The molecule has 0 radical (unpaired) electrons. The number of rotatable bonds is 5. The molecule has 0 fully saturated rings. The smallest absolute Gasteiger partial charge is 0.325 e. The first-order valence-corrected chi connectivity index (χ1v) is 5.70. The Morgan fingerprint density at radius 2 is 2.11 bits per heavy atom. The molecule has 0 spiro atoms. The van der Waals surface area contributed by atoms with Crippen LogP contribution in [0.4, 0.5) is 0 Å². The van der Waals surface area contributed by atoms with E-state index in [0.717, 1.165) is 0 Å². The summed E-state index contributed by atoms with van der Waals surface area (Å²) in [5.41, 5.74) is 0.704. The Bertz CT molecular complexity index is 431. The standard InChI is InChI=1S/C13H17NO4/c1-3-18-13(17)9-14(2)12(16)8-10-5-4-6-11(15)7-10/h4-7,15H,3,8-9H2,1-2H3. The van der Waals surface area contributed by atoms with E-state index in [1.165, 1.54) is 17.0 Å². The maximum Gasteiger partial charge on any atom is 0.325 e. The molecule has 5 heteroatoms. The van der Waals surface area contributed by atoms with Gasteiger partial charge in [-0.2, -0.15) is 0 Å². The molecule has 0 saturated heterocycles. The monoisotopic (exact) mass is 251 g/mol. The van der Waals surface area contributed by atoms with Gasteiger partial charge < -0.3 is 14.7 Å². The van der Waals surface area contributed by atoms with Crippen molar-refractivity contribution in [1.82, 2.24) is 4.90 Å². The number of phenolic OH excluding ortho intramolecular Hbond substituents is 1. The van der Waals surface area contributed by atoms with E-state index in [1.54, 1.807) is 26.1 Å². The predicted octanol–water partition coefficient (Wildman–Crippen LogP) is 0.956. The third kappa shape index (κ3) is 4.45. The van der Waals surface area contributed by atoms with Crippen LogP contribution < -0.4 is 0 Å². The van der Waals surface area contributed by atoms with Crippen molar-refractivity contribution in [1.29, 1.82) is 0 Å². The van der Waals surface area contributed by atoms with E-state index in [-0.39, 0.29) is 24.6 Å². The molecule has 0 unspecified atom stereocenters. The molecule has 0 aliphatic carbocycles. The lowest BCUT2D eigenvalue weighted by Gasteiger charge is -2.16. The van der Waals surface area contributed by atoms with Crippen LogP contribution in [-0.4, -0.2) is 42.1 Å². The summed E-state index contributed by atoms with van der Waals surface area (Å²) < 4.78 is 4.76. The van der Waals surface area contributed by atoms with Gasteiger partial charge in [-0.3, -0.25) is 9.59 Å². The predicted molar refractivity (Wildman–Crippen MR) is 66.1 cm³/mol. The first-order chi connectivity index (χ1) is 8.52. The van der Waals surface area contributed by atoms with Crippen LogP contribution in [0.15, 0.2) is 24.3 Å². The van der Waals surface area contributed by atoms with E-state index in [0.29, 0.717) is 12.2 Å². The number of benzene rings is 1. The zero-order valence-electron chi connectivity index (χ0n) is 10.5. The van der Waals surface area contributed by atoms with Crippen molar-refractivity contribution < 1.29 is 19.4 Å². The van der Waals surface area contributed by atoms with Crippen molar-refractivity contribution in [2.45, 2.75) is 13.3 Å². The van der Waals surface area contributed by atoms with E-state index in [1.807, 2.05) is 0 Å². The minimum atomic E-state index is -0.427. The lowest BCUT2D eigenvalue weighted by Crippen LogP contribution is -2.34. The van der Waals surface area contributed by atoms with Crippen molar-refractivity contribution in [3.8, 4) is 5.75 Å². The number of carbonyl (C=O) groups excluding carboxylic acids is 2. The molecule has 1 amide bonds. The molecule has 0 aliphatic rings. The van der Waals surface area contributed by atoms with Gasteiger partial charge in [0.15, 0.2) is 0 Å². The summed E-state index contributed by atoms with van der Waals surface area (Å²) in [5.74, 6) is -0.508. The number of esters is 1. The highest BCUT2D eigenvalue weighted by Crippen LogP contribution is 2.11. The lowest BCUT2D eigenvalue weighted by atomic mass is 10.1. The van der Waals surface area contributed by atoms with E-state index in [9.17, 15) is 14.7 Å². The fraction of sp³-hybridized carbons (Fsp3) is 0.385. The van der Waals surface area contributed by atoms with Crippen LogP contribution in [0.1, 0.15) is 12.5 Å². The summed E-state index contributed by atoms with van der Waals surface area (Å²) in [4.78, 5) is 24.3. The minimum absolute atomic E-state index is 0.0640. The van der Waals surface area contributed by atoms with Crippen molar-refractivity contribution in [3.05, 3.63) is 29.8 Å². The summed E-state index contributed by atoms with van der Waals surface area (Å²) in [6.07, 6.45) is 0.143. The van der Waals surface area contributed by atoms with Gasteiger partial charge in [0.2, 0.25) is 5.91 Å². The van der Waals surface area contributed by atoms with Crippen LogP contribution >= 0.6 is 0 Å². The van der Waals surface area contributed by atoms with Crippen molar-refractivity contribution in [2.24, 2.45) is 0 Å². The number of hydrogen-bond donors (Lipinski definition) is 1. The quantitative estimate of drug-likeness (QED) is 0.791. The second-order valence-electron chi connectivity index (χ2n) is 3.90. The third-order valence-corrected chi connectivity index (χ3v) is 2.36. The van der Waals surface area contributed by atoms with Gasteiger partial charge in [-0.05, 0) is 24.6 Å². The molecule has 0 bridgehead atoms. The number of amides is 1. The first kappa shape index (κ1) is 14.0. The first-order valence-electron chi connectivity index (χ1n) is 5.70. The Balaban J connectivity index is 2.52. The molecule has 98 valence electrons. The van der Waals surface area contributed by atoms with Crippen LogP contribution in [0.5, 0.6) is 5.75 Å². The summed E-state index contributed by atoms with van der Waals surface area (Å²) >= 11 is 0. The summed E-state index contributed by atoms with van der Waals surface area (Å²) in [5, 5.41) is 9.28. The maximum atomic E-state index is 11.8. The molecule has 1 aromatic rings. The fourth-order valence-electron chi connectivity index (χ4n) is 1.46. The van der Waals surface area contributed by atoms with Crippen molar-refractivity contribution >= 4 is 11.9 Å². The zero-order valence-corrected chi connectivity index (χ0v) is 10.5. The Morgan fingerprint density at radius 1 is 1.39 bits per heavy atom. The molecule has 1 rings (SSSR count). The highest BCUT2D eigenvalue weighted by atomic mass is 16.5. The number of aromatic hydroxyl groups is 1. The van der Waals surface area contributed by atoms with Gasteiger partial charge in [-0.1, -0.05) is 12.1 Å². The molecule has 0 atom stereocenters. The van der Waals surface area contributed by atoms with Crippen molar-refractivity contribution in [3.63, 3.8) is 0 Å². The fourth-order valence-corrected chi connectivity index (χ4v) is 1.46. The Hall–Kier alpha value is -2.04. The van der Waals surface area contributed by atoms with E-state index in [4.69, 9.17) is 4.74 Å². The average Bonchev–Trinajstić information content (AvgIpc) is 2.29. The molecular formula is C13H17NO4. The van der Waals surface area contributed by atoms with Gasteiger partial charge >= 0.3 is 5.97 Å². The third-order valence-electron chi connectivity index (χ3n) is 2.36. The molecule has 0 saturated carbocycles. The molecule has 18 heavy (non-hydrogen) atoms. The van der Waals surface area contributed by atoms with E-state index < -0.39 is 5.97 Å². The van der Waals surface area contributed by atoms with Crippen LogP contribution in [0, 0.1) is 0 Å². The SMILES string of the molecule is CCOC(=O)CN(C)C(=O)Cc1cccc(O)c1. The summed E-state index contributed by atoms with van der Waals surface area (Å²) in [6.45, 7) is 1.95. The molecular weight excluding hydrogens is 234 g/mol.